The molecule has 0 fully saturated rings. The van der Waals surface area contributed by atoms with E-state index in [-0.39, 0.29) is 16.9 Å². The molecule has 0 saturated carbocycles. The fourth-order valence-corrected chi connectivity index (χ4v) is 3.70. The van der Waals surface area contributed by atoms with Crippen molar-refractivity contribution in [2.75, 3.05) is 11.9 Å². The van der Waals surface area contributed by atoms with Crippen molar-refractivity contribution >= 4 is 50.8 Å². The second-order valence-electron chi connectivity index (χ2n) is 7.97. The molecule has 2 amide bonds. The van der Waals surface area contributed by atoms with Gasteiger partial charge >= 0.3 is 0 Å². The second kappa shape index (κ2) is 12.3. The Hall–Kier alpha value is -3.23. The van der Waals surface area contributed by atoms with Crippen LogP contribution in [0.5, 0.6) is 5.75 Å². The number of hydrogen-bond acceptors (Lipinski definition) is 4. The van der Waals surface area contributed by atoms with Crippen LogP contribution >= 0.6 is 28.1 Å². The molecule has 3 N–H and O–H groups in total. The fraction of sp³-hybridized carbons (Fsp3) is 0.192. The van der Waals surface area contributed by atoms with E-state index in [4.69, 9.17) is 17.0 Å². The van der Waals surface area contributed by atoms with Gasteiger partial charge in [0.25, 0.3) is 11.8 Å². The first kappa shape index (κ1) is 25.4. The van der Waals surface area contributed by atoms with Crippen molar-refractivity contribution in [3.63, 3.8) is 0 Å². The van der Waals surface area contributed by atoms with Gasteiger partial charge in [0.05, 0.1) is 22.3 Å². The van der Waals surface area contributed by atoms with E-state index >= 15 is 0 Å². The highest BCUT2D eigenvalue weighted by molar-refractivity contribution is 9.10. The number of carbonyl (C=O) groups excluding carboxylic acids is 2. The molecule has 0 unspecified atom stereocenters. The summed E-state index contributed by atoms with van der Waals surface area (Å²) in [5.41, 5.74) is 2.33. The predicted molar refractivity (Wildman–Crippen MR) is 142 cm³/mol. The summed E-state index contributed by atoms with van der Waals surface area (Å²) < 4.78 is 6.40. The van der Waals surface area contributed by atoms with E-state index in [2.05, 4.69) is 45.7 Å². The van der Waals surface area contributed by atoms with E-state index < -0.39 is 0 Å². The van der Waals surface area contributed by atoms with Gasteiger partial charge in [-0.25, -0.2) is 0 Å². The monoisotopic (exact) mass is 539 g/mol. The minimum Gasteiger partial charge on any atom is -0.492 e. The summed E-state index contributed by atoms with van der Waals surface area (Å²) in [6.07, 6.45) is 0. The second-order valence-corrected chi connectivity index (χ2v) is 9.23. The molecule has 0 aliphatic rings. The Morgan fingerprint density at radius 1 is 0.971 bits per heavy atom. The summed E-state index contributed by atoms with van der Waals surface area (Å²) in [5.74, 6) is 0.435. The van der Waals surface area contributed by atoms with Gasteiger partial charge < -0.3 is 15.4 Å². The van der Waals surface area contributed by atoms with E-state index in [0.717, 1.165) is 5.56 Å². The summed E-state index contributed by atoms with van der Waals surface area (Å²) >= 11 is 8.76. The minimum atomic E-state index is -0.375. The first-order chi connectivity index (χ1) is 16.3. The minimum absolute atomic E-state index is 0.0876. The molecule has 0 saturated heterocycles. The van der Waals surface area contributed by atoms with Crippen molar-refractivity contribution in [3.8, 4) is 5.75 Å². The maximum absolute atomic E-state index is 12.7. The summed E-state index contributed by atoms with van der Waals surface area (Å²) in [4.78, 5) is 25.4. The maximum atomic E-state index is 12.7. The zero-order valence-electron chi connectivity index (χ0n) is 18.9. The molecule has 34 heavy (non-hydrogen) atoms. The number of thiocarbonyl (C=S) groups is 1. The number of rotatable bonds is 8. The smallest absolute Gasteiger partial charge is 0.257 e. The molecule has 0 spiro atoms. The van der Waals surface area contributed by atoms with Gasteiger partial charge in [-0.1, -0.05) is 56.3 Å². The Morgan fingerprint density at radius 3 is 2.38 bits per heavy atom. The normalized spacial score (nSPS) is 10.5. The summed E-state index contributed by atoms with van der Waals surface area (Å²) in [7, 11) is 0. The molecule has 0 aromatic heterocycles. The Balaban J connectivity index is 1.61. The lowest BCUT2D eigenvalue weighted by Gasteiger charge is -2.14. The van der Waals surface area contributed by atoms with Crippen LogP contribution in [0.4, 0.5) is 5.69 Å². The largest absolute Gasteiger partial charge is 0.492 e. The number of amides is 2. The molecule has 3 rings (SSSR count). The Kier molecular flexibility index (Phi) is 9.18. The van der Waals surface area contributed by atoms with Crippen molar-refractivity contribution in [3.05, 3.63) is 94.0 Å². The fourth-order valence-electron chi connectivity index (χ4n) is 3.01. The Morgan fingerprint density at radius 2 is 1.68 bits per heavy atom. The summed E-state index contributed by atoms with van der Waals surface area (Å²) in [5, 5.41) is 8.59. The van der Waals surface area contributed by atoms with Gasteiger partial charge in [0, 0.05) is 12.1 Å². The van der Waals surface area contributed by atoms with Crippen LogP contribution in [-0.2, 0) is 6.54 Å². The molecule has 3 aromatic rings. The Labute approximate surface area is 213 Å². The summed E-state index contributed by atoms with van der Waals surface area (Å²) in [6, 6.07) is 21.7. The quantitative estimate of drug-likeness (QED) is 0.327. The topological polar surface area (TPSA) is 79.5 Å². The van der Waals surface area contributed by atoms with Crippen molar-refractivity contribution in [2.24, 2.45) is 5.92 Å². The lowest BCUT2D eigenvalue weighted by molar-refractivity contribution is 0.0950. The lowest BCUT2D eigenvalue weighted by Crippen LogP contribution is -2.35. The van der Waals surface area contributed by atoms with Crippen molar-refractivity contribution in [1.82, 2.24) is 10.6 Å². The van der Waals surface area contributed by atoms with Crippen LogP contribution in [0.2, 0.25) is 0 Å². The molecule has 6 nitrogen and oxygen atoms in total. The van der Waals surface area contributed by atoms with Crippen LogP contribution in [0.25, 0.3) is 0 Å². The van der Waals surface area contributed by atoms with Gasteiger partial charge in [0.1, 0.15) is 5.75 Å². The van der Waals surface area contributed by atoms with Crippen LogP contribution in [0.3, 0.4) is 0 Å². The van der Waals surface area contributed by atoms with E-state index in [9.17, 15) is 9.59 Å². The van der Waals surface area contributed by atoms with Crippen molar-refractivity contribution in [2.45, 2.75) is 20.4 Å². The van der Waals surface area contributed by atoms with E-state index in [1.165, 1.54) is 0 Å². The molecule has 0 atom stereocenters. The standard InChI is InChI=1S/C26H26BrN3O3S/c1-17(2)16-33-23-13-12-19(14-21(23)27)24(31)30-26(34)29-22-11-7-6-10-20(22)25(32)28-15-18-8-4-3-5-9-18/h3-14,17H,15-16H2,1-2H3,(H,28,32)(H2,29,30,31,34). The Bertz CT molecular complexity index is 1170. The molecule has 176 valence electrons. The first-order valence-electron chi connectivity index (χ1n) is 10.8. The highest BCUT2D eigenvalue weighted by Crippen LogP contribution is 2.26. The van der Waals surface area contributed by atoms with E-state index in [0.29, 0.717) is 46.1 Å². The highest BCUT2D eigenvalue weighted by atomic mass is 79.9. The van der Waals surface area contributed by atoms with Crippen molar-refractivity contribution in [1.29, 1.82) is 0 Å². The number of nitrogens with one attached hydrogen (secondary N) is 3. The SMILES string of the molecule is CC(C)COc1ccc(C(=O)NC(=S)Nc2ccccc2C(=O)NCc2ccccc2)cc1Br. The van der Waals surface area contributed by atoms with Gasteiger partial charge in [0.2, 0.25) is 0 Å². The molecule has 8 heteroatoms. The van der Waals surface area contributed by atoms with Gasteiger partial charge in [-0.05, 0) is 70.0 Å². The number of halogens is 1. The average Bonchev–Trinajstić information content (AvgIpc) is 2.82. The van der Waals surface area contributed by atoms with E-state index in [1.54, 1.807) is 42.5 Å². The zero-order chi connectivity index (χ0) is 24.5. The number of para-hydroxylation sites is 1. The van der Waals surface area contributed by atoms with Gasteiger partial charge in [0.15, 0.2) is 5.11 Å². The van der Waals surface area contributed by atoms with E-state index in [1.807, 2.05) is 30.3 Å². The number of carbonyl (C=O) groups is 2. The highest BCUT2D eigenvalue weighted by Gasteiger charge is 2.15. The number of hydrogen-bond donors (Lipinski definition) is 3. The molecular weight excluding hydrogens is 514 g/mol. The number of benzene rings is 3. The van der Waals surface area contributed by atoms with Crippen LogP contribution in [0.15, 0.2) is 77.3 Å². The van der Waals surface area contributed by atoms with Crippen molar-refractivity contribution < 1.29 is 14.3 Å². The van der Waals surface area contributed by atoms with Crippen LogP contribution in [0, 0.1) is 5.92 Å². The third-order valence-corrected chi connectivity index (χ3v) is 5.53. The molecule has 0 bridgehead atoms. The van der Waals surface area contributed by atoms with Gasteiger partial charge in [-0.2, -0.15) is 0 Å². The molecule has 0 heterocycles. The van der Waals surface area contributed by atoms with Gasteiger partial charge in [-0.3, -0.25) is 14.9 Å². The summed E-state index contributed by atoms with van der Waals surface area (Å²) in [6.45, 7) is 5.11. The van der Waals surface area contributed by atoms with Gasteiger partial charge in [-0.15, -0.1) is 0 Å². The molecule has 0 aliphatic heterocycles. The lowest BCUT2D eigenvalue weighted by atomic mass is 10.1. The number of anilines is 1. The van der Waals surface area contributed by atoms with Crippen LogP contribution in [-0.4, -0.2) is 23.5 Å². The van der Waals surface area contributed by atoms with Crippen LogP contribution < -0.4 is 20.7 Å². The molecule has 3 aromatic carbocycles. The predicted octanol–water partition coefficient (Wildman–Crippen LogP) is 5.54. The molecule has 0 aliphatic carbocycles. The maximum Gasteiger partial charge on any atom is 0.257 e. The van der Waals surface area contributed by atoms with Crippen LogP contribution in [0.1, 0.15) is 40.1 Å². The number of ether oxygens (including phenoxy) is 1. The molecule has 0 radical (unpaired) electrons. The third-order valence-electron chi connectivity index (χ3n) is 4.71. The third kappa shape index (κ3) is 7.40. The molecular formula is C26H26BrN3O3S. The average molecular weight is 540 g/mol. The zero-order valence-corrected chi connectivity index (χ0v) is 21.3. The first-order valence-corrected chi connectivity index (χ1v) is 12.0.